The van der Waals surface area contributed by atoms with E-state index in [0.717, 1.165) is 33.1 Å². The van der Waals surface area contributed by atoms with Crippen molar-refractivity contribution in [2.24, 2.45) is 0 Å². The summed E-state index contributed by atoms with van der Waals surface area (Å²) in [7, 11) is 0. The smallest absolute Gasteiger partial charge is 0.189 e. The fraction of sp³-hybridized carbons (Fsp3) is 0.250. The summed E-state index contributed by atoms with van der Waals surface area (Å²) in [4.78, 5) is 1.15. The number of fused-ring (bicyclic) bond motifs is 1. The van der Waals surface area contributed by atoms with Crippen LogP contribution in [0.4, 0.5) is 0 Å². The highest BCUT2D eigenvalue weighted by atomic mass is 35.5. The van der Waals surface area contributed by atoms with Gasteiger partial charge >= 0.3 is 0 Å². The first-order valence-electron chi connectivity index (χ1n) is 6.60. The van der Waals surface area contributed by atoms with Gasteiger partial charge in [0.05, 0.1) is 13.2 Å². The highest BCUT2D eigenvalue weighted by Gasteiger charge is 2.16. The van der Waals surface area contributed by atoms with Gasteiger partial charge in [-0.25, -0.2) is 0 Å². The maximum atomic E-state index is 9.05. The summed E-state index contributed by atoms with van der Waals surface area (Å²) >= 11 is 7.87. The zero-order chi connectivity index (χ0) is 14.7. The molecule has 1 heterocycles. The van der Waals surface area contributed by atoms with E-state index in [4.69, 9.17) is 26.2 Å². The van der Waals surface area contributed by atoms with Crippen molar-refractivity contribution in [1.29, 1.82) is 0 Å². The highest BCUT2D eigenvalue weighted by Crippen LogP contribution is 2.35. The van der Waals surface area contributed by atoms with Crippen molar-refractivity contribution in [2.75, 3.05) is 6.79 Å². The third kappa shape index (κ3) is 3.52. The SMILES string of the molecule is OCc1ccc(SCc2cc(Cl)cc3c2OCOC3)cc1. The molecule has 0 fully saturated rings. The monoisotopic (exact) mass is 322 g/mol. The van der Waals surface area contributed by atoms with Gasteiger partial charge in [-0.15, -0.1) is 11.8 Å². The highest BCUT2D eigenvalue weighted by molar-refractivity contribution is 7.98. The fourth-order valence-corrected chi connectivity index (χ4v) is 3.34. The third-order valence-corrected chi connectivity index (χ3v) is 4.53. The number of aliphatic hydroxyl groups excluding tert-OH is 1. The average Bonchev–Trinajstić information content (AvgIpc) is 2.53. The Morgan fingerprint density at radius 3 is 2.76 bits per heavy atom. The molecule has 1 N–H and O–H groups in total. The third-order valence-electron chi connectivity index (χ3n) is 3.25. The van der Waals surface area contributed by atoms with Gasteiger partial charge in [-0.3, -0.25) is 0 Å². The summed E-state index contributed by atoms with van der Waals surface area (Å²) in [6.07, 6.45) is 0. The minimum absolute atomic E-state index is 0.0700. The minimum Gasteiger partial charge on any atom is -0.467 e. The van der Waals surface area contributed by atoms with E-state index >= 15 is 0 Å². The van der Waals surface area contributed by atoms with Crippen molar-refractivity contribution in [3.05, 3.63) is 58.1 Å². The quantitative estimate of drug-likeness (QED) is 0.864. The molecule has 2 aromatic carbocycles. The van der Waals surface area contributed by atoms with Crippen molar-refractivity contribution in [3.63, 3.8) is 0 Å². The molecular weight excluding hydrogens is 308 g/mol. The van der Waals surface area contributed by atoms with Crippen LogP contribution in [0.5, 0.6) is 5.75 Å². The number of aliphatic hydroxyl groups is 1. The maximum Gasteiger partial charge on any atom is 0.189 e. The number of benzene rings is 2. The number of rotatable bonds is 4. The molecule has 0 radical (unpaired) electrons. The van der Waals surface area contributed by atoms with Gasteiger partial charge < -0.3 is 14.6 Å². The summed E-state index contributed by atoms with van der Waals surface area (Å²) in [6.45, 7) is 0.900. The Balaban J connectivity index is 1.76. The molecule has 0 saturated heterocycles. The van der Waals surface area contributed by atoms with Crippen molar-refractivity contribution in [3.8, 4) is 5.75 Å². The predicted octanol–water partition coefficient (Wildman–Crippen LogP) is 3.99. The molecule has 21 heavy (non-hydrogen) atoms. The molecule has 0 aliphatic carbocycles. The van der Waals surface area contributed by atoms with Crippen LogP contribution in [0.1, 0.15) is 16.7 Å². The van der Waals surface area contributed by atoms with E-state index in [0.29, 0.717) is 11.6 Å². The molecule has 0 bridgehead atoms. The van der Waals surface area contributed by atoms with Crippen molar-refractivity contribution in [2.45, 2.75) is 23.9 Å². The second-order valence-electron chi connectivity index (χ2n) is 4.75. The van der Waals surface area contributed by atoms with Gasteiger partial charge in [0.2, 0.25) is 0 Å². The van der Waals surface area contributed by atoms with E-state index in [1.165, 1.54) is 0 Å². The summed E-state index contributed by atoms with van der Waals surface area (Å²) < 4.78 is 10.9. The predicted molar refractivity (Wildman–Crippen MR) is 83.7 cm³/mol. The second kappa shape index (κ2) is 6.71. The fourth-order valence-electron chi connectivity index (χ4n) is 2.22. The molecule has 0 saturated carbocycles. The van der Waals surface area contributed by atoms with Crippen LogP contribution in [0, 0.1) is 0 Å². The van der Waals surface area contributed by atoms with E-state index in [-0.39, 0.29) is 13.4 Å². The van der Waals surface area contributed by atoms with Gasteiger partial charge in [-0.05, 0) is 29.8 Å². The molecule has 0 amide bonds. The number of hydrogen-bond donors (Lipinski definition) is 1. The van der Waals surface area contributed by atoms with Gasteiger partial charge in [0, 0.05) is 26.8 Å². The Labute approximate surface area is 132 Å². The number of hydrogen-bond acceptors (Lipinski definition) is 4. The van der Waals surface area contributed by atoms with Gasteiger partial charge in [0.25, 0.3) is 0 Å². The lowest BCUT2D eigenvalue weighted by atomic mass is 10.1. The molecule has 3 rings (SSSR count). The molecule has 0 spiro atoms. The van der Waals surface area contributed by atoms with Crippen LogP contribution in [0.3, 0.4) is 0 Å². The topological polar surface area (TPSA) is 38.7 Å². The standard InChI is InChI=1S/C16H15ClO3S/c17-14-5-12-8-19-10-20-16(12)13(6-14)9-21-15-3-1-11(7-18)2-4-15/h1-6,18H,7-10H2. The Morgan fingerprint density at radius 1 is 1.19 bits per heavy atom. The molecule has 0 atom stereocenters. The van der Waals surface area contributed by atoms with Gasteiger partial charge in [0.15, 0.2) is 6.79 Å². The van der Waals surface area contributed by atoms with Crippen molar-refractivity contribution >= 4 is 23.4 Å². The van der Waals surface area contributed by atoms with Gasteiger partial charge in [-0.2, -0.15) is 0 Å². The van der Waals surface area contributed by atoms with E-state index < -0.39 is 0 Å². The zero-order valence-corrected chi connectivity index (χ0v) is 12.9. The molecule has 0 unspecified atom stereocenters. The lowest BCUT2D eigenvalue weighted by Crippen LogP contribution is -2.12. The molecular formula is C16H15ClO3S. The van der Waals surface area contributed by atoms with E-state index in [1.54, 1.807) is 11.8 Å². The summed E-state index contributed by atoms with van der Waals surface area (Å²) in [6, 6.07) is 11.7. The molecule has 2 aromatic rings. The summed E-state index contributed by atoms with van der Waals surface area (Å²) in [5.74, 6) is 1.67. The molecule has 1 aliphatic rings. The summed E-state index contributed by atoms with van der Waals surface area (Å²) in [5.41, 5.74) is 3.00. The zero-order valence-electron chi connectivity index (χ0n) is 11.3. The average molecular weight is 323 g/mol. The number of halogens is 1. The van der Waals surface area contributed by atoms with E-state index in [1.807, 2.05) is 36.4 Å². The lowest BCUT2D eigenvalue weighted by Gasteiger charge is -2.21. The first-order valence-corrected chi connectivity index (χ1v) is 7.97. The largest absolute Gasteiger partial charge is 0.467 e. The van der Waals surface area contributed by atoms with E-state index in [2.05, 4.69) is 0 Å². The lowest BCUT2D eigenvalue weighted by molar-refractivity contribution is -0.0168. The van der Waals surface area contributed by atoms with Crippen LogP contribution >= 0.6 is 23.4 Å². The Kier molecular flexibility index (Phi) is 4.70. The molecule has 0 aromatic heterocycles. The number of thioether (sulfide) groups is 1. The van der Waals surface area contributed by atoms with Gasteiger partial charge in [-0.1, -0.05) is 23.7 Å². The molecule has 1 aliphatic heterocycles. The van der Waals surface area contributed by atoms with Crippen LogP contribution in [0.2, 0.25) is 5.02 Å². The maximum absolute atomic E-state index is 9.05. The van der Waals surface area contributed by atoms with Crippen LogP contribution in [0.25, 0.3) is 0 Å². The van der Waals surface area contributed by atoms with Crippen LogP contribution in [-0.4, -0.2) is 11.9 Å². The second-order valence-corrected chi connectivity index (χ2v) is 6.24. The van der Waals surface area contributed by atoms with Gasteiger partial charge in [0.1, 0.15) is 5.75 Å². The molecule has 5 heteroatoms. The van der Waals surface area contributed by atoms with Crippen LogP contribution in [-0.2, 0) is 23.7 Å². The number of ether oxygens (including phenoxy) is 2. The Hall–Kier alpha value is -1.20. The minimum atomic E-state index is 0.0700. The molecule has 3 nitrogen and oxygen atoms in total. The Morgan fingerprint density at radius 2 is 2.00 bits per heavy atom. The van der Waals surface area contributed by atoms with Crippen molar-refractivity contribution in [1.82, 2.24) is 0 Å². The van der Waals surface area contributed by atoms with E-state index in [9.17, 15) is 0 Å². The van der Waals surface area contributed by atoms with Crippen LogP contribution in [0.15, 0.2) is 41.3 Å². The molecule has 110 valence electrons. The van der Waals surface area contributed by atoms with Crippen molar-refractivity contribution < 1.29 is 14.6 Å². The normalized spacial score (nSPS) is 13.6. The van der Waals surface area contributed by atoms with Crippen LogP contribution < -0.4 is 4.74 Å². The first kappa shape index (κ1) is 14.7. The summed E-state index contributed by atoms with van der Waals surface area (Å²) in [5, 5.41) is 9.75. The first-order chi connectivity index (χ1) is 10.3. The Bertz CT molecular complexity index is 628.